The summed E-state index contributed by atoms with van der Waals surface area (Å²) in [5.41, 5.74) is 0. The molecule has 0 amide bonds. The quantitative estimate of drug-likeness (QED) is 0.0179. The average Bonchev–Trinajstić information content (AvgIpc) is 3.96. The van der Waals surface area contributed by atoms with E-state index in [1.807, 2.05) is 12.2 Å². The van der Waals surface area contributed by atoms with Crippen molar-refractivity contribution in [2.75, 3.05) is 26.4 Å². The summed E-state index contributed by atoms with van der Waals surface area (Å²) >= 11 is 0. The fourth-order valence-electron chi connectivity index (χ4n) is 5.68. The highest BCUT2D eigenvalue weighted by Crippen LogP contribution is 2.43. The normalized spacial score (nSPS) is 18.1. The lowest BCUT2D eigenvalue weighted by atomic mass is 10.1. The minimum atomic E-state index is -4.64. The standard InChI is InChI=1S/C44H75O11P/c1-3-5-6-7-8-9-10-11-12-15-18-21-24-27-30-33-43(47)51-37-40(38-53-56(49,50)52-36-39(46)35-45)54-44(48)34-31-28-25-22-19-16-13-14-17-20-23-26-29-32-42-41(4-2)55-42/h11-13,16-17,20,22,25-26,29,39-42,45-46H,3-10,14-15,18-19,21,23-24,27-28,30-38H2,1-2H3,(H,49,50)/b12-11-,16-13-,20-17-,25-22-,29-26-. The Morgan fingerprint density at radius 3 is 1.77 bits per heavy atom. The molecule has 0 aromatic carbocycles. The largest absolute Gasteiger partial charge is 0.472 e. The number of carbonyl (C=O) groups excluding carboxylic acids is 2. The molecule has 1 aliphatic rings. The van der Waals surface area contributed by atoms with Gasteiger partial charge in [0.2, 0.25) is 0 Å². The lowest BCUT2D eigenvalue weighted by Gasteiger charge is -2.20. The SMILES string of the molecule is CCCCCCCC/C=C\CCCCCCCC(=O)OCC(COP(=O)(O)OCC(O)CO)OC(=O)CCC/C=C\C/C=C\C/C=C\C/C=C\CC1OC1CC. The second-order valence-electron chi connectivity index (χ2n) is 14.4. The molecule has 1 aliphatic heterocycles. The van der Waals surface area contributed by atoms with Crippen molar-refractivity contribution in [1.82, 2.24) is 0 Å². The molecule has 3 N–H and O–H groups in total. The zero-order valence-electron chi connectivity index (χ0n) is 34.5. The number of carbonyl (C=O) groups is 2. The van der Waals surface area contributed by atoms with Crippen molar-refractivity contribution in [3.63, 3.8) is 0 Å². The maximum Gasteiger partial charge on any atom is 0.472 e. The minimum absolute atomic E-state index is 0.0988. The number of esters is 2. The summed E-state index contributed by atoms with van der Waals surface area (Å²) in [6.45, 7) is 2.18. The number of rotatable bonds is 38. The van der Waals surface area contributed by atoms with Gasteiger partial charge >= 0.3 is 19.8 Å². The molecule has 1 rings (SSSR count). The summed E-state index contributed by atoms with van der Waals surface area (Å²) < 4.78 is 38.1. The van der Waals surface area contributed by atoms with E-state index >= 15 is 0 Å². The summed E-state index contributed by atoms with van der Waals surface area (Å²) in [5.74, 6) is -1.01. The average molecular weight is 811 g/mol. The Balaban J connectivity index is 2.29. The molecule has 0 aromatic heterocycles. The van der Waals surface area contributed by atoms with Crippen LogP contribution in [-0.4, -0.2) is 77.9 Å². The first-order chi connectivity index (χ1) is 27.2. The van der Waals surface area contributed by atoms with E-state index in [9.17, 15) is 24.2 Å². The van der Waals surface area contributed by atoms with Crippen LogP contribution < -0.4 is 0 Å². The van der Waals surface area contributed by atoms with Crippen LogP contribution in [0.15, 0.2) is 60.8 Å². The van der Waals surface area contributed by atoms with E-state index in [1.165, 1.54) is 38.5 Å². The van der Waals surface area contributed by atoms with Crippen LogP contribution in [0.3, 0.4) is 0 Å². The van der Waals surface area contributed by atoms with Crippen LogP contribution in [0.4, 0.5) is 0 Å². The van der Waals surface area contributed by atoms with Crippen LogP contribution in [0.2, 0.25) is 0 Å². The van der Waals surface area contributed by atoms with E-state index in [1.54, 1.807) is 0 Å². The Morgan fingerprint density at radius 1 is 0.643 bits per heavy atom. The van der Waals surface area contributed by atoms with Gasteiger partial charge in [-0.15, -0.1) is 0 Å². The van der Waals surface area contributed by atoms with Crippen molar-refractivity contribution in [3.8, 4) is 0 Å². The van der Waals surface area contributed by atoms with Gasteiger partial charge in [-0.3, -0.25) is 18.6 Å². The number of phosphoric acid groups is 1. The third-order valence-corrected chi connectivity index (χ3v) is 10.1. The molecule has 1 saturated heterocycles. The fourth-order valence-corrected chi connectivity index (χ4v) is 6.47. The van der Waals surface area contributed by atoms with Crippen LogP contribution in [0.5, 0.6) is 0 Å². The molecule has 5 unspecified atom stereocenters. The number of aliphatic hydroxyl groups excluding tert-OH is 2. The van der Waals surface area contributed by atoms with E-state index in [4.69, 9.17) is 23.8 Å². The van der Waals surface area contributed by atoms with Gasteiger partial charge in [0.15, 0.2) is 6.10 Å². The van der Waals surface area contributed by atoms with Gasteiger partial charge < -0.3 is 29.3 Å². The smallest absolute Gasteiger partial charge is 0.462 e. The number of unbranched alkanes of at least 4 members (excludes halogenated alkanes) is 12. The van der Waals surface area contributed by atoms with E-state index in [0.717, 1.165) is 70.6 Å². The van der Waals surface area contributed by atoms with E-state index in [0.29, 0.717) is 31.5 Å². The predicted octanol–water partition coefficient (Wildman–Crippen LogP) is 10.1. The zero-order valence-corrected chi connectivity index (χ0v) is 35.4. The van der Waals surface area contributed by atoms with Gasteiger partial charge in [-0.1, -0.05) is 126 Å². The minimum Gasteiger partial charge on any atom is -0.462 e. The van der Waals surface area contributed by atoms with Crippen LogP contribution in [0.1, 0.15) is 155 Å². The van der Waals surface area contributed by atoms with E-state index < -0.39 is 51.8 Å². The highest BCUT2D eigenvalue weighted by Gasteiger charge is 2.35. The first-order valence-corrected chi connectivity index (χ1v) is 22.9. The number of hydrogen-bond donors (Lipinski definition) is 3. The van der Waals surface area contributed by atoms with Gasteiger partial charge in [-0.05, 0) is 77.0 Å². The summed E-state index contributed by atoms with van der Waals surface area (Å²) in [6.07, 6.45) is 41.0. The number of allylic oxidation sites excluding steroid dienone is 9. The Labute approximate surface area is 338 Å². The van der Waals surface area contributed by atoms with Crippen LogP contribution >= 0.6 is 7.82 Å². The van der Waals surface area contributed by atoms with Crippen molar-refractivity contribution >= 4 is 19.8 Å². The summed E-state index contributed by atoms with van der Waals surface area (Å²) in [7, 11) is -4.64. The molecule has 322 valence electrons. The summed E-state index contributed by atoms with van der Waals surface area (Å²) in [6, 6.07) is 0. The van der Waals surface area contributed by atoms with Gasteiger partial charge in [0, 0.05) is 12.8 Å². The van der Waals surface area contributed by atoms with Gasteiger partial charge in [0.1, 0.15) is 12.7 Å². The summed E-state index contributed by atoms with van der Waals surface area (Å²) in [4.78, 5) is 34.9. The highest BCUT2D eigenvalue weighted by atomic mass is 31.2. The molecule has 0 saturated carbocycles. The molecule has 0 radical (unpaired) electrons. The second-order valence-corrected chi connectivity index (χ2v) is 15.8. The predicted molar refractivity (Wildman–Crippen MR) is 223 cm³/mol. The third-order valence-electron chi connectivity index (χ3n) is 9.13. The molecule has 56 heavy (non-hydrogen) atoms. The molecule has 11 nitrogen and oxygen atoms in total. The van der Waals surface area contributed by atoms with Gasteiger partial charge in [0.25, 0.3) is 0 Å². The van der Waals surface area contributed by atoms with Crippen molar-refractivity contribution in [3.05, 3.63) is 60.8 Å². The Morgan fingerprint density at radius 2 is 1.16 bits per heavy atom. The summed E-state index contributed by atoms with van der Waals surface area (Å²) in [5, 5.41) is 18.3. The van der Waals surface area contributed by atoms with Crippen LogP contribution in [0, 0.1) is 0 Å². The van der Waals surface area contributed by atoms with Crippen molar-refractivity contribution < 1.29 is 52.5 Å². The Bertz CT molecular complexity index is 1180. The first-order valence-electron chi connectivity index (χ1n) is 21.4. The van der Waals surface area contributed by atoms with Crippen LogP contribution in [-0.2, 0) is 37.4 Å². The van der Waals surface area contributed by atoms with Gasteiger partial charge in [-0.25, -0.2) is 4.57 Å². The molecule has 12 heteroatoms. The molecule has 0 aliphatic carbocycles. The molecule has 0 aromatic rings. The molecule has 0 bridgehead atoms. The van der Waals surface area contributed by atoms with Crippen molar-refractivity contribution in [1.29, 1.82) is 0 Å². The molecular formula is C44H75O11P. The third kappa shape index (κ3) is 32.7. The number of epoxide rings is 1. The lowest BCUT2D eigenvalue weighted by molar-refractivity contribution is -0.161. The van der Waals surface area contributed by atoms with E-state index in [-0.39, 0.29) is 19.4 Å². The Kier molecular flexibility index (Phi) is 33.0. The highest BCUT2D eigenvalue weighted by molar-refractivity contribution is 7.47. The maximum atomic E-state index is 12.6. The zero-order chi connectivity index (χ0) is 41.0. The van der Waals surface area contributed by atoms with Gasteiger partial charge in [0.05, 0.1) is 32.0 Å². The topological polar surface area (TPSA) is 161 Å². The monoisotopic (exact) mass is 811 g/mol. The lowest BCUT2D eigenvalue weighted by Crippen LogP contribution is -2.29. The number of ether oxygens (including phenoxy) is 3. The van der Waals surface area contributed by atoms with E-state index in [2.05, 4.69) is 67.0 Å². The maximum absolute atomic E-state index is 12.6. The van der Waals surface area contributed by atoms with Crippen LogP contribution in [0.25, 0.3) is 0 Å². The van der Waals surface area contributed by atoms with Crippen molar-refractivity contribution in [2.24, 2.45) is 0 Å². The first kappa shape index (κ1) is 51.6. The second kappa shape index (κ2) is 35.8. The molecule has 5 atom stereocenters. The fraction of sp³-hybridized carbons (Fsp3) is 0.727. The molecular weight excluding hydrogens is 735 g/mol. The number of aliphatic hydroxyl groups is 2. The molecule has 1 heterocycles. The molecule has 0 spiro atoms. The van der Waals surface area contributed by atoms with Crippen molar-refractivity contribution in [2.45, 2.75) is 180 Å². The number of phosphoric ester groups is 1. The van der Waals surface area contributed by atoms with Gasteiger partial charge in [-0.2, -0.15) is 0 Å². The Hall–Kier alpha value is -2.37. The number of hydrogen-bond acceptors (Lipinski definition) is 10. The molecule has 1 fully saturated rings.